The van der Waals surface area contributed by atoms with E-state index in [0.717, 1.165) is 0 Å². The Labute approximate surface area is 131 Å². The second kappa shape index (κ2) is 6.41. The number of rotatable bonds is 3. The van der Waals surface area contributed by atoms with Crippen LogP contribution in [0.15, 0.2) is 23.1 Å². The Morgan fingerprint density at radius 2 is 2.33 bits per heavy atom. The molecule has 21 heavy (non-hydrogen) atoms. The topological polar surface area (TPSA) is 29.5 Å². The van der Waals surface area contributed by atoms with Gasteiger partial charge in [0.1, 0.15) is 5.75 Å². The van der Waals surface area contributed by atoms with E-state index in [9.17, 15) is 4.79 Å². The third-order valence-electron chi connectivity index (χ3n) is 4.46. The van der Waals surface area contributed by atoms with Crippen molar-refractivity contribution >= 4 is 17.7 Å². The molecular weight excluding hydrogens is 282 g/mol. The minimum absolute atomic E-state index is 0.244. The van der Waals surface area contributed by atoms with E-state index in [4.69, 9.17) is 4.74 Å². The van der Waals surface area contributed by atoms with Gasteiger partial charge < -0.3 is 4.74 Å². The molecule has 0 aromatic heterocycles. The van der Waals surface area contributed by atoms with Crippen molar-refractivity contribution in [3.05, 3.63) is 23.8 Å². The summed E-state index contributed by atoms with van der Waals surface area (Å²) in [6, 6.07) is 6.77. The van der Waals surface area contributed by atoms with Gasteiger partial charge in [0.05, 0.1) is 0 Å². The molecule has 1 saturated heterocycles. The minimum Gasteiger partial charge on any atom is -0.427 e. The molecule has 4 heteroatoms. The van der Waals surface area contributed by atoms with Gasteiger partial charge in [0, 0.05) is 29.5 Å². The van der Waals surface area contributed by atoms with E-state index in [-0.39, 0.29) is 5.97 Å². The maximum atomic E-state index is 11.2. The standard InChI is InChI=1S/C17H23NO2S/c1-3-8-18-9-4-5-14-15-10-13(20-12(2)19)6-7-17(15)21-11-16(14)18/h6-7,10,14,16H,3-5,8-9,11H2,1-2H3. The lowest BCUT2D eigenvalue weighted by Gasteiger charge is -2.44. The molecule has 3 rings (SSSR count). The average Bonchev–Trinajstić information content (AvgIpc) is 2.47. The summed E-state index contributed by atoms with van der Waals surface area (Å²) in [5.41, 5.74) is 1.39. The van der Waals surface area contributed by atoms with Crippen LogP contribution >= 0.6 is 11.8 Å². The van der Waals surface area contributed by atoms with Crippen LogP contribution in [0.4, 0.5) is 0 Å². The Bertz CT molecular complexity index is 530. The molecular formula is C17H23NO2S. The number of hydrogen-bond acceptors (Lipinski definition) is 4. The SMILES string of the molecule is CCCN1CCCC2c3cc(OC(C)=O)ccc3SCC21. The van der Waals surface area contributed by atoms with Crippen LogP contribution in [0.1, 0.15) is 44.6 Å². The van der Waals surface area contributed by atoms with E-state index >= 15 is 0 Å². The fraction of sp³-hybridized carbons (Fsp3) is 0.588. The molecule has 0 saturated carbocycles. The summed E-state index contributed by atoms with van der Waals surface area (Å²) >= 11 is 1.95. The maximum Gasteiger partial charge on any atom is 0.308 e. The summed E-state index contributed by atoms with van der Waals surface area (Å²) < 4.78 is 5.27. The highest BCUT2D eigenvalue weighted by Gasteiger charge is 2.36. The monoisotopic (exact) mass is 305 g/mol. The van der Waals surface area contributed by atoms with Gasteiger partial charge in [0.2, 0.25) is 0 Å². The van der Waals surface area contributed by atoms with Crippen molar-refractivity contribution in [3.8, 4) is 5.75 Å². The summed E-state index contributed by atoms with van der Waals surface area (Å²) in [4.78, 5) is 15.2. The first kappa shape index (κ1) is 14.9. The van der Waals surface area contributed by atoms with Crippen molar-refractivity contribution in [1.29, 1.82) is 0 Å². The van der Waals surface area contributed by atoms with Gasteiger partial charge in [-0.3, -0.25) is 9.69 Å². The molecule has 0 aliphatic carbocycles. The van der Waals surface area contributed by atoms with Gasteiger partial charge in [-0.25, -0.2) is 0 Å². The first-order chi connectivity index (χ1) is 10.2. The normalized spacial score (nSPS) is 25.0. The third-order valence-corrected chi connectivity index (χ3v) is 5.65. The first-order valence-corrected chi connectivity index (χ1v) is 8.87. The molecule has 2 heterocycles. The number of fused-ring (bicyclic) bond motifs is 3. The summed E-state index contributed by atoms with van der Waals surface area (Å²) in [5, 5.41) is 0. The van der Waals surface area contributed by atoms with Crippen LogP contribution < -0.4 is 4.74 Å². The number of carbonyl (C=O) groups excluding carboxylic acids is 1. The van der Waals surface area contributed by atoms with E-state index < -0.39 is 0 Å². The summed E-state index contributed by atoms with van der Waals surface area (Å²) in [6.45, 7) is 6.14. The van der Waals surface area contributed by atoms with Crippen LogP contribution in [0, 0.1) is 0 Å². The van der Waals surface area contributed by atoms with Crippen LogP contribution in [0.3, 0.4) is 0 Å². The number of ether oxygens (including phenoxy) is 1. The second-order valence-corrected chi connectivity index (χ2v) is 7.02. The Kier molecular flexibility index (Phi) is 4.55. The van der Waals surface area contributed by atoms with Crippen LogP contribution in [-0.4, -0.2) is 35.8 Å². The molecule has 3 nitrogen and oxygen atoms in total. The van der Waals surface area contributed by atoms with Crippen LogP contribution in [0.2, 0.25) is 0 Å². The van der Waals surface area contributed by atoms with Gasteiger partial charge in [0.25, 0.3) is 0 Å². The lowest BCUT2D eigenvalue weighted by Crippen LogP contribution is -2.47. The second-order valence-electron chi connectivity index (χ2n) is 5.96. The fourth-order valence-corrected chi connectivity index (χ4v) is 4.96. The van der Waals surface area contributed by atoms with Crippen molar-refractivity contribution < 1.29 is 9.53 Å². The molecule has 2 aliphatic heterocycles. The number of likely N-dealkylation sites (tertiary alicyclic amines) is 1. The van der Waals surface area contributed by atoms with E-state index in [1.165, 1.54) is 55.5 Å². The highest BCUT2D eigenvalue weighted by Crippen LogP contribution is 2.45. The van der Waals surface area contributed by atoms with Gasteiger partial charge in [-0.1, -0.05) is 6.92 Å². The Hall–Kier alpha value is -1.00. The third kappa shape index (κ3) is 3.11. The largest absolute Gasteiger partial charge is 0.427 e. The van der Waals surface area contributed by atoms with Gasteiger partial charge in [-0.05, 0) is 56.1 Å². The number of benzene rings is 1. The molecule has 2 atom stereocenters. The molecule has 0 amide bonds. The average molecular weight is 305 g/mol. The number of carbonyl (C=O) groups is 1. The van der Waals surface area contributed by atoms with Crippen LogP contribution in [0.5, 0.6) is 5.75 Å². The zero-order valence-corrected chi connectivity index (χ0v) is 13.6. The van der Waals surface area contributed by atoms with Crippen molar-refractivity contribution in [2.45, 2.75) is 50.0 Å². The van der Waals surface area contributed by atoms with Gasteiger partial charge in [-0.15, -0.1) is 11.8 Å². The first-order valence-electron chi connectivity index (χ1n) is 7.88. The molecule has 0 spiro atoms. The fourth-order valence-electron chi connectivity index (χ4n) is 3.63. The van der Waals surface area contributed by atoms with E-state index in [0.29, 0.717) is 17.7 Å². The molecule has 2 unspecified atom stereocenters. The lowest BCUT2D eigenvalue weighted by atomic mass is 9.83. The Balaban J connectivity index is 1.88. The van der Waals surface area contributed by atoms with Crippen molar-refractivity contribution in [1.82, 2.24) is 4.90 Å². The molecule has 1 aromatic rings. The van der Waals surface area contributed by atoms with E-state index in [1.807, 2.05) is 17.8 Å². The summed E-state index contributed by atoms with van der Waals surface area (Å²) in [6.07, 6.45) is 3.74. The highest BCUT2D eigenvalue weighted by atomic mass is 32.2. The number of hydrogen-bond donors (Lipinski definition) is 0. The Morgan fingerprint density at radius 3 is 3.10 bits per heavy atom. The number of piperidine rings is 1. The van der Waals surface area contributed by atoms with E-state index in [2.05, 4.69) is 24.0 Å². The minimum atomic E-state index is -0.244. The summed E-state index contributed by atoms with van der Waals surface area (Å²) in [7, 11) is 0. The molecule has 2 aliphatic rings. The zero-order valence-electron chi connectivity index (χ0n) is 12.8. The molecule has 114 valence electrons. The van der Waals surface area contributed by atoms with Crippen LogP contribution in [-0.2, 0) is 4.79 Å². The Morgan fingerprint density at radius 1 is 1.48 bits per heavy atom. The van der Waals surface area contributed by atoms with Crippen LogP contribution in [0.25, 0.3) is 0 Å². The molecule has 0 radical (unpaired) electrons. The maximum absolute atomic E-state index is 11.2. The van der Waals surface area contributed by atoms with Crippen molar-refractivity contribution in [2.75, 3.05) is 18.8 Å². The quantitative estimate of drug-likeness (QED) is 0.629. The van der Waals surface area contributed by atoms with Gasteiger partial charge in [-0.2, -0.15) is 0 Å². The summed E-state index contributed by atoms with van der Waals surface area (Å²) in [5.74, 6) is 2.23. The van der Waals surface area contributed by atoms with Gasteiger partial charge >= 0.3 is 5.97 Å². The molecule has 0 N–H and O–H groups in total. The predicted molar refractivity (Wildman–Crippen MR) is 86.1 cm³/mol. The van der Waals surface area contributed by atoms with E-state index in [1.54, 1.807) is 0 Å². The highest BCUT2D eigenvalue weighted by molar-refractivity contribution is 7.99. The van der Waals surface area contributed by atoms with Crippen molar-refractivity contribution in [3.63, 3.8) is 0 Å². The number of thioether (sulfide) groups is 1. The van der Waals surface area contributed by atoms with Gasteiger partial charge in [0.15, 0.2) is 0 Å². The zero-order chi connectivity index (χ0) is 14.8. The predicted octanol–water partition coefficient (Wildman–Crippen LogP) is 3.68. The lowest BCUT2D eigenvalue weighted by molar-refractivity contribution is -0.131. The molecule has 0 bridgehead atoms. The molecule has 1 fully saturated rings. The smallest absolute Gasteiger partial charge is 0.308 e. The number of esters is 1. The van der Waals surface area contributed by atoms with Crippen molar-refractivity contribution in [2.24, 2.45) is 0 Å². The molecule has 1 aromatic carbocycles. The number of nitrogens with zero attached hydrogens (tertiary/aromatic N) is 1.